The molecule has 0 spiro atoms. The van der Waals surface area contributed by atoms with Crippen molar-refractivity contribution in [3.05, 3.63) is 35.4 Å². The first-order valence-electron chi connectivity index (χ1n) is 6.31. The molecule has 3 N–H and O–H groups in total. The minimum Gasteiger partial charge on any atom is -0.354 e. The lowest BCUT2D eigenvalue weighted by atomic mass is 9.97. The number of rotatable bonds is 6. The maximum atomic E-state index is 12.6. The number of alkyl halides is 2. The first kappa shape index (κ1) is 15.6. The zero-order valence-corrected chi connectivity index (χ0v) is 11.2. The molecule has 1 amide bonds. The second kappa shape index (κ2) is 7.19. The number of nitrogens with two attached hydrogens (primary N) is 1. The molecular formula is C14H20F2N2O. The van der Waals surface area contributed by atoms with Crippen LogP contribution in [0.5, 0.6) is 0 Å². The van der Waals surface area contributed by atoms with Gasteiger partial charge in [-0.25, -0.2) is 8.78 Å². The Labute approximate surface area is 112 Å². The molecule has 0 aliphatic heterocycles. The molecule has 1 aromatic rings. The van der Waals surface area contributed by atoms with Crippen molar-refractivity contribution in [2.75, 3.05) is 6.54 Å². The number of hydrogen-bond donors (Lipinski definition) is 2. The second-order valence-corrected chi connectivity index (χ2v) is 4.85. The zero-order valence-electron chi connectivity index (χ0n) is 11.2. The monoisotopic (exact) mass is 270 g/mol. The van der Waals surface area contributed by atoms with E-state index in [4.69, 9.17) is 5.73 Å². The summed E-state index contributed by atoms with van der Waals surface area (Å²) in [7, 11) is 0. The van der Waals surface area contributed by atoms with Gasteiger partial charge in [0.1, 0.15) is 0 Å². The van der Waals surface area contributed by atoms with Gasteiger partial charge in [0.05, 0.1) is 5.92 Å². The van der Waals surface area contributed by atoms with E-state index in [0.717, 1.165) is 0 Å². The van der Waals surface area contributed by atoms with Gasteiger partial charge in [-0.05, 0) is 25.8 Å². The lowest BCUT2D eigenvalue weighted by molar-refractivity contribution is -0.125. The lowest BCUT2D eigenvalue weighted by Gasteiger charge is -2.17. The van der Waals surface area contributed by atoms with Crippen molar-refractivity contribution in [1.82, 2.24) is 5.32 Å². The molecule has 0 radical (unpaired) electrons. The third-order valence-corrected chi connectivity index (χ3v) is 2.77. The first-order valence-corrected chi connectivity index (χ1v) is 6.31. The Kier molecular flexibility index (Phi) is 5.89. The predicted octanol–water partition coefficient (Wildman–Crippen LogP) is 2.27. The van der Waals surface area contributed by atoms with E-state index >= 15 is 0 Å². The summed E-state index contributed by atoms with van der Waals surface area (Å²) in [6, 6.07) is 6.14. The van der Waals surface area contributed by atoms with Crippen LogP contribution in [0.15, 0.2) is 24.3 Å². The Balaban J connectivity index is 2.75. The van der Waals surface area contributed by atoms with Crippen LogP contribution in [-0.4, -0.2) is 18.5 Å². The van der Waals surface area contributed by atoms with Gasteiger partial charge in [0.25, 0.3) is 6.43 Å². The van der Waals surface area contributed by atoms with E-state index < -0.39 is 12.3 Å². The fraction of sp³-hybridized carbons (Fsp3) is 0.500. The maximum Gasteiger partial charge on any atom is 0.263 e. The smallest absolute Gasteiger partial charge is 0.263 e. The number of hydrogen-bond acceptors (Lipinski definition) is 2. The van der Waals surface area contributed by atoms with Crippen LogP contribution in [0.3, 0.4) is 0 Å². The molecule has 1 atom stereocenters. The van der Waals surface area contributed by atoms with E-state index in [9.17, 15) is 13.6 Å². The number of carbonyl (C=O) groups excluding carboxylic acids is 1. The number of carbonyl (C=O) groups is 1. The molecule has 19 heavy (non-hydrogen) atoms. The molecule has 106 valence electrons. The van der Waals surface area contributed by atoms with Gasteiger partial charge in [0.15, 0.2) is 0 Å². The van der Waals surface area contributed by atoms with Gasteiger partial charge in [-0.3, -0.25) is 4.79 Å². The second-order valence-electron chi connectivity index (χ2n) is 4.85. The summed E-state index contributed by atoms with van der Waals surface area (Å²) in [5, 5.41) is 2.78. The molecule has 3 nitrogen and oxygen atoms in total. The van der Waals surface area contributed by atoms with Crippen molar-refractivity contribution in [1.29, 1.82) is 0 Å². The fourth-order valence-corrected chi connectivity index (χ4v) is 1.83. The highest BCUT2D eigenvalue weighted by Gasteiger charge is 2.18. The average molecular weight is 270 g/mol. The molecule has 0 fully saturated rings. The molecular weight excluding hydrogens is 250 g/mol. The highest BCUT2D eigenvalue weighted by Crippen LogP contribution is 2.20. The molecule has 0 aliphatic carbocycles. The van der Waals surface area contributed by atoms with Crippen LogP contribution in [0.1, 0.15) is 31.4 Å². The molecule has 0 heterocycles. The van der Waals surface area contributed by atoms with Gasteiger partial charge in [-0.1, -0.05) is 24.3 Å². The Morgan fingerprint density at radius 1 is 1.37 bits per heavy atom. The van der Waals surface area contributed by atoms with E-state index in [-0.39, 0.29) is 24.1 Å². The molecule has 0 aliphatic rings. The normalized spacial score (nSPS) is 12.8. The summed E-state index contributed by atoms with van der Waals surface area (Å²) < 4.78 is 25.2. The molecule has 1 aromatic carbocycles. The van der Waals surface area contributed by atoms with E-state index in [1.165, 1.54) is 12.1 Å². The van der Waals surface area contributed by atoms with Crippen molar-refractivity contribution < 1.29 is 13.6 Å². The Morgan fingerprint density at radius 2 is 2.05 bits per heavy atom. The van der Waals surface area contributed by atoms with Gasteiger partial charge in [0, 0.05) is 18.2 Å². The zero-order chi connectivity index (χ0) is 14.4. The Bertz CT molecular complexity index is 422. The maximum absolute atomic E-state index is 12.6. The van der Waals surface area contributed by atoms with Gasteiger partial charge in [0.2, 0.25) is 5.91 Å². The van der Waals surface area contributed by atoms with Gasteiger partial charge in [-0.15, -0.1) is 0 Å². The van der Waals surface area contributed by atoms with E-state index in [1.807, 2.05) is 13.8 Å². The van der Waals surface area contributed by atoms with Crippen LogP contribution in [0.2, 0.25) is 0 Å². The van der Waals surface area contributed by atoms with Gasteiger partial charge < -0.3 is 11.1 Å². The predicted molar refractivity (Wildman–Crippen MR) is 70.9 cm³/mol. The van der Waals surface area contributed by atoms with Crippen LogP contribution in [0, 0.1) is 5.92 Å². The Morgan fingerprint density at radius 3 is 2.58 bits per heavy atom. The number of halogens is 2. The summed E-state index contributed by atoms with van der Waals surface area (Å²) in [6.45, 7) is 3.92. The van der Waals surface area contributed by atoms with Crippen molar-refractivity contribution in [2.45, 2.75) is 32.7 Å². The first-order chi connectivity index (χ1) is 8.93. The van der Waals surface area contributed by atoms with Crippen molar-refractivity contribution >= 4 is 5.91 Å². The van der Waals surface area contributed by atoms with Gasteiger partial charge >= 0.3 is 0 Å². The van der Waals surface area contributed by atoms with Crippen molar-refractivity contribution in [3.8, 4) is 0 Å². The summed E-state index contributed by atoms with van der Waals surface area (Å²) in [6.07, 6.45) is -2.13. The highest BCUT2D eigenvalue weighted by atomic mass is 19.3. The molecule has 5 heteroatoms. The van der Waals surface area contributed by atoms with Crippen LogP contribution in [-0.2, 0) is 11.2 Å². The molecule has 1 unspecified atom stereocenters. The Hall–Kier alpha value is -1.49. The van der Waals surface area contributed by atoms with Crippen LogP contribution in [0.4, 0.5) is 8.78 Å². The quantitative estimate of drug-likeness (QED) is 0.833. The minimum atomic E-state index is -2.50. The lowest BCUT2D eigenvalue weighted by Crippen LogP contribution is -2.39. The molecule has 1 rings (SSSR count). The topological polar surface area (TPSA) is 55.1 Å². The van der Waals surface area contributed by atoms with Gasteiger partial charge in [-0.2, -0.15) is 0 Å². The summed E-state index contributed by atoms with van der Waals surface area (Å²) >= 11 is 0. The van der Waals surface area contributed by atoms with E-state index in [0.29, 0.717) is 12.0 Å². The SMILES string of the molecule is CC(C)NC(=O)C(CN)Cc1cccc(C(F)F)c1. The molecule has 0 saturated heterocycles. The minimum absolute atomic E-state index is 0.0301. The third-order valence-electron chi connectivity index (χ3n) is 2.77. The number of benzene rings is 1. The standard InChI is InChI=1S/C14H20F2N2O/c1-9(2)18-14(19)12(8-17)7-10-4-3-5-11(6-10)13(15)16/h3-6,9,12-13H,7-8,17H2,1-2H3,(H,18,19). The fourth-order valence-electron chi connectivity index (χ4n) is 1.83. The third kappa shape index (κ3) is 4.95. The highest BCUT2D eigenvalue weighted by molar-refractivity contribution is 5.79. The van der Waals surface area contributed by atoms with E-state index in [2.05, 4.69) is 5.32 Å². The molecule has 0 saturated carbocycles. The summed E-state index contributed by atoms with van der Waals surface area (Å²) in [5.74, 6) is -0.532. The molecule has 0 bridgehead atoms. The summed E-state index contributed by atoms with van der Waals surface area (Å²) in [4.78, 5) is 11.9. The van der Waals surface area contributed by atoms with Crippen molar-refractivity contribution in [2.24, 2.45) is 11.7 Å². The van der Waals surface area contributed by atoms with Crippen molar-refractivity contribution in [3.63, 3.8) is 0 Å². The summed E-state index contributed by atoms with van der Waals surface area (Å²) in [5.41, 5.74) is 6.26. The number of amides is 1. The van der Waals surface area contributed by atoms with Crippen LogP contribution >= 0.6 is 0 Å². The average Bonchev–Trinajstić information content (AvgIpc) is 2.35. The van der Waals surface area contributed by atoms with E-state index in [1.54, 1.807) is 12.1 Å². The van der Waals surface area contributed by atoms with Crippen LogP contribution in [0.25, 0.3) is 0 Å². The van der Waals surface area contributed by atoms with Crippen LogP contribution < -0.4 is 11.1 Å². The number of nitrogens with one attached hydrogen (secondary N) is 1. The largest absolute Gasteiger partial charge is 0.354 e. The molecule has 0 aromatic heterocycles.